The maximum Gasteiger partial charge on any atom is 0.547 e. The van der Waals surface area contributed by atoms with E-state index in [1.165, 1.54) is 0 Å². The Morgan fingerprint density at radius 3 is 2.86 bits per heavy atom. The van der Waals surface area contributed by atoms with E-state index in [9.17, 15) is 14.6 Å². The Morgan fingerprint density at radius 2 is 2.18 bits per heavy atom. The van der Waals surface area contributed by atoms with Gasteiger partial charge in [0, 0.05) is 12.5 Å². The largest absolute Gasteiger partial charge is 0.547 e. The highest BCUT2D eigenvalue weighted by atomic mass is 16.5. The number of nitrogens with one attached hydrogen (secondary N) is 1. The first kappa shape index (κ1) is 20.7. The summed E-state index contributed by atoms with van der Waals surface area (Å²) in [7, 11) is -1.22. The molecule has 0 spiro atoms. The molecule has 0 radical (unpaired) electrons. The van der Waals surface area contributed by atoms with Gasteiger partial charge in [-0.2, -0.15) is 0 Å². The van der Waals surface area contributed by atoms with E-state index in [-0.39, 0.29) is 17.9 Å². The number of carbonyl (C=O) groups excluding carboxylic acids is 2. The van der Waals surface area contributed by atoms with Crippen molar-refractivity contribution in [3.63, 3.8) is 0 Å². The van der Waals surface area contributed by atoms with Crippen molar-refractivity contribution in [1.29, 1.82) is 0 Å². The van der Waals surface area contributed by atoms with Gasteiger partial charge in [0.25, 0.3) is 0 Å². The predicted molar refractivity (Wildman–Crippen MR) is 106 cm³/mol. The van der Waals surface area contributed by atoms with Crippen LogP contribution >= 0.6 is 0 Å². The predicted octanol–water partition coefficient (Wildman–Crippen LogP) is 1.46. The summed E-state index contributed by atoms with van der Waals surface area (Å²) in [4.78, 5) is 24.7. The van der Waals surface area contributed by atoms with Gasteiger partial charge in [0.2, 0.25) is 5.91 Å². The van der Waals surface area contributed by atoms with E-state index in [0.29, 0.717) is 36.7 Å². The lowest BCUT2D eigenvalue weighted by molar-refractivity contribution is -0.122. The number of nitrogens with two attached hydrogens (primary N) is 1. The van der Waals surface area contributed by atoms with Gasteiger partial charge in [0.05, 0.1) is 12.5 Å². The van der Waals surface area contributed by atoms with Crippen LogP contribution in [0.4, 0.5) is 0 Å². The second kappa shape index (κ2) is 8.96. The summed E-state index contributed by atoms with van der Waals surface area (Å²) >= 11 is 0. The average molecular weight is 388 g/mol. The molecule has 1 aliphatic heterocycles. The van der Waals surface area contributed by atoms with E-state index >= 15 is 0 Å². The van der Waals surface area contributed by atoms with E-state index < -0.39 is 19.0 Å². The maximum atomic E-state index is 12.4. The molecule has 2 unspecified atom stereocenters. The van der Waals surface area contributed by atoms with Gasteiger partial charge in [-0.3, -0.25) is 4.79 Å². The monoisotopic (exact) mass is 388 g/mol. The average Bonchev–Trinajstić information content (AvgIpc) is 3.04. The first-order chi connectivity index (χ1) is 13.3. The summed E-state index contributed by atoms with van der Waals surface area (Å²) < 4.78 is 10.9. The van der Waals surface area contributed by atoms with E-state index in [1.54, 1.807) is 12.1 Å². The number of para-hydroxylation sites is 1. The van der Waals surface area contributed by atoms with Crippen molar-refractivity contribution in [3.05, 3.63) is 29.3 Å². The van der Waals surface area contributed by atoms with Crippen LogP contribution in [0.5, 0.6) is 5.75 Å². The van der Waals surface area contributed by atoms with Crippen molar-refractivity contribution in [2.24, 2.45) is 17.6 Å². The topological polar surface area (TPSA) is 111 Å². The molecule has 8 heteroatoms. The van der Waals surface area contributed by atoms with E-state index in [4.69, 9.17) is 15.1 Å². The number of fused-ring (bicyclic) bond motifs is 1. The molecule has 1 saturated carbocycles. The summed E-state index contributed by atoms with van der Waals surface area (Å²) in [5.41, 5.74) is 6.96. The molecule has 28 heavy (non-hydrogen) atoms. The Bertz CT molecular complexity index is 727. The molecule has 1 aliphatic carbocycles. The normalized spacial score (nSPS) is 23.9. The molecule has 7 nitrogen and oxygen atoms in total. The number of hydrogen-bond acceptors (Lipinski definition) is 6. The highest BCUT2D eigenvalue weighted by molar-refractivity contribution is 6.47. The third-order valence-corrected chi connectivity index (χ3v) is 5.29. The fourth-order valence-corrected chi connectivity index (χ4v) is 3.86. The SMILES string of the molecule is CC(C)COC(=O)c1cccc2c1OB(O)[C@@H](NC(=O)CC1CCC(N)C1)C2. The number of hydrogen-bond donors (Lipinski definition) is 3. The fourth-order valence-electron chi connectivity index (χ4n) is 3.86. The Labute approximate surface area is 166 Å². The minimum atomic E-state index is -1.22. The van der Waals surface area contributed by atoms with Gasteiger partial charge in [-0.25, -0.2) is 4.79 Å². The Hall–Kier alpha value is -2.06. The molecule has 1 aromatic rings. The van der Waals surface area contributed by atoms with E-state index in [2.05, 4.69) is 5.32 Å². The van der Waals surface area contributed by atoms with Crippen molar-refractivity contribution < 1.29 is 24.0 Å². The lowest BCUT2D eigenvalue weighted by atomic mass is 9.72. The molecule has 1 aromatic carbocycles. The number of rotatable bonds is 6. The molecule has 0 bridgehead atoms. The van der Waals surface area contributed by atoms with Crippen molar-refractivity contribution in [3.8, 4) is 5.75 Å². The molecular formula is C20H29BN2O5. The van der Waals surface area contributed by atoms with Gasteiger partial charge in [-0.15, -0.1) is 0 Å². The third-order valence-electron chi connectivity index (χ3n) is 5.29. The lowest BCUT2D eigenvalue weighted by Gasteiger charge is -2.29. The Morgan fingerprint density at radius 1 is 1.39 bits per heavy atom. The molecule has 3 rings (SSSR count). The Balaban J connectivity index is 1.63. The number of amides is 1. The molecular weight excluding hydrogens is 359 g/mol. The van der Waals surface area contributed by atoms with Gasteiger partial charge < -0.3 is 25.5 Å². The van der Waals surface area contributed by atoms with Crippen molar-refractivity contribution >= 4 is 19.0 Å². The van der Waals surface area contributed by atoms with Crippen LogP contribution in [-0.4, -0.2) is 42.6 Å². The molecule has 1 amide bonds. The minimum absolute atomic E-state index is 0.109. The van der Waals surface area contributed by atoms with Crippen LogP contribution in [0.3, 0.4) is 0 Å². The number of carbonyl (C=O) groups is 2. The smallest absolute Gasteiger partial charge is 0.534 e. The zero-order valence-electron chi connectivity index (χ0n) is 16.5. The van der Waals surface area contributed by atoms with Gasteiger partial charge in [0.1, 0.15) is 11.3 Å². The van der Waals surface area contributed by atoms with Gasteiger partial charge >= 0.3 is 13.1 Å². The van der Waals surface area contributed by atoms with Crippen LogP contribution in [0.15, 0.2) is 18.2 Å². The molecule has 4 N–H and O–H groups in total. The van der Waals surface area contributed by atoms with Gasteiger partial charge in [-0.05, 0) is 49.1 Å². The first-order valence-electron chi connectivity index (χ1n) is 10.0. The highest BCUT2D eigenvalue weighted by Gasteiger charge is 2.38. The fraction of sp³-hybridized carbons (Fsp3) is 0.600. The van der Waals surface area contributed by atoms with Crippen molar-refractivity contribution in [2.45, 2.75) is 57.9 Å². The lowest BCUT2D eigenvalue weighted by Crippen LogP contribution is -2.53. The molecule has 0 aromatic heterocycles. The standard InChI is InChI=1S/C20H29BN2O5/c1-12(2)11-27-20(25)16-5-3-4-14-10-17(21(26)28-19(14)16)23-18(24)9-13-6-7-15(22)8-13/h3-5,12-13,15,17,26H,6-11,22H2,1-2H3,(H,23,24)/t13?,15?,17-/m0/s1. The van der Waals surface area contributed by atoms with Gasteiger partial charge in [-0.1, -0.05) is 26.0 Å². The summed E-state index contributed by atoms with van der Waals surface area (Å²) in [6.45, 7) is 4.23. The van der Waals surface area contributed by atoms with Crippen molar-refractivity contribution in [2.75, 3.05) is 6.61 Å². The second-order valence-corrected chi connectivity index (χ2v) is 8.32. The van der Waals surface area contributed by atoms with Crippen LogP contribution in [0, 0.1) is 11.8 Å². The summed E-state index contributed by atoms with van der Waals surface area (Å²) in [6.07, 6.45) is 3.57. The third kappa shape index (κ3) is 5.05. The van der Waals surface area contributed by atoms with Crippen LogP contribution in [0.25, 0.3) is 0 Å². The quantitative estimate of drug-likeness (QED) is 0.503. The Kier molecular flexibility index (Phi) is 6.62. The zero-order chi connectivity index (χ0) is 20.3. The molecule has 3 atom stereocenters. The summed E-state index contributed by atoms with van der Waals surface area (Å²) in [5, 5.41) is 13.3. The summed E-state index contributed by atoms with van der Waals surface area (Å²) in [6, 6.07) is 5.39. The molecule has 1 fully saturated rings. The minimum Gasteiger partial charge on any atom is -0.534 e. The zero-order valence-corrected chi connectivity index (χ0v) is 16.5. The molecule has 0 saturated heterocycles. The van der Waals surface area contributed by atoms with Crippen LogP contribution in [-0.2, 0) is 16.0 Å². The second-order valence-electron chi connectivity index (χ2n) is 8.32. The molecule has 152 valence electrons. The number of benzene rings is 1. The van der Waals surface area contributed by atoms with Crippen LogP contribution in [0.1, 0.15) is 55.5 Å². The molecule has 2 aliphatic rings. The summed E-state index contributed by atoms with van der Waals surface area (Å²) in [5.74, 6) is -0.288. The molecule has 1 heterocycles. The van der Waals surface area contributed by atoms with E-state index in [0.717, 1.165) is 24.8 Å². The van der Waals surface area contributed by atoms with Crippen LogP contribution in [0.2, 0.25) is 0 Å². The van der Waals surface area contributed by atoms with E-state index in [1.807, 2.05) is 19.9 Å². The van der Waals surface area contributed by atoms with Crippen LogP contribution < -0.4 is 15.7 Å². The first-order valence-corrected chi connectivity index (χ1v) is 10.0. The highest BCUT2D eigenvalue weighted by Crippen LogP contribution is 2.31. The van der Waals surface area contributed by atoms with Gasteiger partial charge in [0.15, 0.2) is 0 Å². The maximum absolute atomic E-state index is 12.4. The number of ether oxygens (including phenoxy) is 1. The number of esters is 1. The van der Waals surface area contributed by atoms with Crippen molar-refractivity contribution in [1.82, 2.24) is 5.32 Å².